The summed E-state index contributed by atoms with van der Waals surface area (Å²) in [5, 5.41) is 0. The Morgan fingerprint density at radius 3 is 2.89 bits per heavy atom. The molecule has 1 aromatic rings. The minimum atomic E-state index is -0.330. The molecule has 0 aromatic heterocycles. The van der Waals surface area contributed by atoms with E-state index in [1.807, 2.05) is 0 Å². The fraction of sp³-hybridized carbons (Fsp3) is 0.500. The lowest BCUT2D eigenvalue weighted by molar-refractivity contribution is -0.122. The van der Waals surface area contributed by atoms with Gasteiger partial charge in [-0.3, -0.25) is 4.79 Å². The number of carbonyl (C=O) groups excluding carboxylic acids is 1. The van der Waals surface area contributed by atoms with Crippen LogP contribution in [0.4, 0.5) is 10.1 Å². The largest absolute Gasteiger partial charge is 0.490 e. The van der Waals surface area contributed by atoms with Gasteiger partial charge in [0.2, 0.25) is 5.91 Å². The Labute approximate surface area is 106 Å². The molecule has 0 radical (unpaired) electrons. The number of nitrogens with zero attached hydrogens (tertiary/aromatic N) is 1. The van der Waals surface area contributed by atoms with Crippen LogP contribution in [0.15, 0.2) is 18.2 Å². The third-order valence-corrected chi connectivity index (χ3v) is 3.75. The summed E-state index contributed by atoms with van der Waals surface area (Å²) in [6.07, 6.45) is 4.16. The van der Waals surface area contributed by atoms with E-state index >= 15 is 0 Å². The highest BCUT2D eigenvalue weighted by Crippen LogP contribution is 2.35. The highest BCUT2D eigenvalue weighted by atomic mass is 19.1. The molecule has 18 heavy (non-hydrogen) atoms. The van der Waals surface area contributed by atoms with Crippen molar-refractivity contribution in [2.45, 2.75) is 25.7 Å². The summed E-state index contributed by atoms with van der Waals surface area (Å²) in [6, 6.07) is 4.35. The van der Waals surface area contributed by atoms with Crippen LogP contribution in [0, 0.1) is 11.7 Å². The van der Waals surface area contributed by atoms with Crippen molar-refractivity contribution in [3.63, 3.8) is 0 Å². The summed E-state index contributed by atoms with van der Waals surface area (Å²) in [6.45, 7) is 1.00. The molecule has 1 aliphatic heterocycles. The van der Waals surface area contributed by atoms with E-state index in [4.69, 9.17) is 4.74 Å². The van der Waals surface area contributed by atoms with Gasteiger partial charge in [-0.2, -0.15) is 0 Å². The molecule has 0 N–H and O–H groups in total. The highest BCUT2D eigenvalue weighted by molar-refractivity contribution is 5.97. The lowest BCUT2D eigenvalue weighted by Gasteiger charge is -2.31. The molecule has 1 aromatic carbocycles. The highest BCUT2D eigenvalue weighted by Gasteiger charge is 2.31. The molecule has 0 atom stereocenters. The molecule has 1 heterocycles. The van der Waals surface area contributed by atoms with Gasteiger partial charge in [-0.1, -0.05) is 12.8 Å². The van der Waals surface area contributed by atoms with E-state index in [1.165, 1.54) is 12.1 Å². The van der Waals surface area contributed by atoms with Crippen LogP contribution >= 0.6 is 0 Å². The van der Waals surface area contributed by atoms with Gasteiger partial charge in [0.1, 0.15) is 18.2 Å². The van der Waals surface area contributed by atoms with Crippen molar-refractivity contribution in [1.29, 1.82) is 0 Å². The van der Waals surface area contributed by atoms with Crippen LogP contribution in [-0.2, 0) is 4.79 Å². The standard InChI is InChI=1S/C14H16FNO2/c15-11-5-6-13-12(9-11)16(7-8-18-13)14(17)10-3-1-2-4-10/h5-6,9-10H,1-4,7-8H2. The number of amides is 1. The molecule has 96 valence electrons. The minimum Gasteiger partial charge on any atom is -0.490 e. The summed E-state index contributed by atoms with van der Waals surface area (Å²) in [5.74, 6) is 0.513. The number of hydrogen-bond acceptors (Lipinski definition) is 2. The summed E-state index contributed by atoms with van der Waals surface area (Å²) < 4.78 is 18.8. The second-order valence-electron chi connectivity index (χ2n) is 4.93. The molecule has 0 bridgehead atoms. The van der Waals surface area contributed by atoms with Crippen LogP contribution in [0.3, 0.4) is 0 Å². The quantitative estimate of drug-likeness (QED) is 0.766. The Morgan fingerprint density at radius 2 is 2.11 bits per heavy atom. The summed E-state index contributed by atoms with van der Waals surface area (Å²) in [5.41, 5.74) is 0.582. The van der Waals surface area contributed by atoms with Gasteiger partial charge >= 0.3 is 0 Å². The number of ether oxygens (including phenoxy) is 1. The maximum atomic E-state index is 13.3. The lowest BCUT2D eigenvalue weighted by Crippen LogP contribution is -2.41. The molecule has 1 saturated carbocycles. The average molecular weight is 249 g/mol. The topological polar surface area (TPSA) is 29.5 Å². The van der Waals surface area contributed by atoms with E-state index < -0.39 is 0 Å². The lowest BCUT2D eigenvalue weighted by atomic mass is 10.1. The maximum Gasteiger partial charge on any atom is 0.230 e. The van der Waals surface area contributed by atoms with Crippen molar-refractivity contribution in [3.05, 3.63) is 24.0 Å². The van der Waals surface area contributed by atoms with Crippen LogP contribution in [0.5, 0.6) is 5.75 Å². The van der Waals surface area contributed by atoms with Crippen molar-refractivity contribution in [2.75, 3.05) is 18.1 Å². The Kier molecular flexibility index (Phi) is 2.94. The van der Waals surface area contributed by atoms with Gasteiger partial charge in [-0.25, -0.2) is 4.39 Å². The normalized spacial score (nSPS) is 19.5. The average Bonchev–Trinajstić information content (AvgIpc) is 2.91. The first-order chi connectivity index (χ1) is 8.75. The van der Waals surface area contributed by atoms with Crippen LogP contribution in [0.1, 0.15) is 25.7 Å². The monoisotopic (exact) mass is 249 g/mol. The second kappa shape index (κ2) is 4.59. The Morgan fingerprint density at radius 1 is 1.33 bits per heavy atom. The van der Waals surface area contributed by atoms with Crippen LogP contribution < -0.4 is 9.64 Å². The molecular formula is C14H16FNO2. The number of anilines is 1. The van der Waals surface area contributed by atoms with Gasteiger partial charge < -0.3 is 9.64 Å². The van der Waals surface area contributed by atoms with Crippen molar-refractivity contribution < 1.29 is 13.9 Å². The van der Waals surface area contributed by atoms with E-state index in [2.05, 4.69) is 0 Å². The van der Waals surface area contributed by atoms with Gasteiger partial charge in [0.25, 0.3) is 0 Å². The second-order valence-corrected chi connectivity index (χ2v) is 4.93. The molecule has 0 unspecified atom stereocenters. The van der Waals surface area contributed by atoms with Gasteiger partial charge in [0.05, 0.1) is 12.2 Å². The SMILES string of the molecule is O=C(C1CCCC1)N1CCOc2ccc(F)cc21. The molecule has 0 saturated heterocycles. The Bertz CT molecular complexity index is 469. The Hall–Kier alpha value is -1.58. The van der Waals surface area contributed by atoms with E-state index in [1.54, 1.807) is 11.0 Å². The van der Waals surface area contributed by atoms with Gasteiger partial charge in [-0.05, 0) is 25.0 Å². The fourth-order valence-electron chi connectivity index (χ4n) is 2.81. The van der Waals surface area contributed by atoms with E-state index in [0.29, 0.717) is 24.6 Å². The van der Waals surface area contributed by atoms with Crippen molar-refractivity contribution in [2.24, 2.45) is 5.92 Å². The number of benzene rings is 1. The molecule has 1 fully saturated rings. The Balaban J connectivity index is 1.90. The number of rotatable bonds is 1. The zero-order chi connectivity index (χ0) is 12.5. The van der Waals surface area contributed by atoms with E-state index in [-0.39, 0.29) is 17.6 Å². The summed E-state index contributed by atoms with van der Waals surface area (Å²) >= 11 is 0. The minimum absolute atomic E-state index is 0.110. The number of fused-ring (bicyclic) bond motifs is 1. The number of halogens is 1. The van der Waals surface area contributed by atoms with E-state index in [9.17, 15) is 9.18 Å². The zero-order valence-corrected chi connectivity index (χ0v) is 10.2. The molecular weight excluding hydrogens is 233 g/mol. The van der Waals surface area contributed by atoms with Gasteiger partial charge in [0.15, 0.2) is 0 Å². The molecule has 1 aliphatic carbocycles. The summed E-state index contributed by atoms with van der Waals surface area (Å²) in [7, 11) is 0. The fourth-order valence-corrected chi connectivity index (χ4v) is 2.81. The van der Waals surface area contributed by atoms with Crippen LogP contribution in [0.25, 0.3) is 0 Å². The predicted molar refractivity (Wildman–Crippen MR) is 66.2 cm³/mol. The molecule has 3 nitrogen and oxygen atoms in total. The summed E-state index contributed by atoms with van der Waals surface area (Å²) in [4.78, 5) is 14.1. The van der Waals surface area contributed by atoms with Gasteiger partial charge in [-0.15, -0.1) is 0 Å². The molecule has 0 spiro atoms. The molecule has 1 amide bonds. The number of hydrogen-bond donors (Lipinski definition) is 0. The first-order valence-corrected chi connectivity index (χ1v) is 6.49. The third-order valence-electron chi connectivity index (χ3n) is 3.75. The van der Waals surface area contributed by atoms with Gasteiger partial charge in [0, 0.05) is 12.0 Å². The first kappa shape index (κ1) is 11.5. The van der Waals surface area contributed by atoms with Crippen LogP contribution in [0.2, 0.25) is 0 Å². The van der Waals surface area contributed by atoms with Crippen molar-refractivity contribution in [1.82, 2.24) is 0 Å². The first-order valence-electron chi connectivity index (χ1n) is 6.49. The molecule has 4 heteroatoms. The molecule has 3 rings (SSSR count). The third kappa shape index (κ3) is 1.96. The predicted octanol–water partition coefficient (Wildman–Crippen LogP) is 2.74. The zero-order valence-electron chi connectivity index (χ0n) is 10.2. The smallest absolute Gasteiger partial charge is 0.230 e. The van der Waals surface area contributed by atoms with Crippen LogP contribution in [-0.4, -0.2) is 19.1 Å². The van der Waals surface area contributed by atoms with Crippen molar-refractivity contribution in [3.8, 4) is 5.75 Å². The van der Waals surface area contributed by atoms with Crippen molar-refractivity contribution >= 4 is 11.6 Å². The van der Waals surface area contributed by atoms with E-state index in [0.717, 1.165) is 25.7 Å². The molecule has 2 aliphatic rings. The number of carbonyl (C=O) groups is 1. The maximum absolute atomic E-state index is 13.3.